The van der Waals surface area contributed by atoms with Gasteiger partial charge in [0.05, 0.1) is 6.20 Å². The zero-order valence-corrected chi connectivity index (χ0v) is 12.0. The Kier molecular flexibility index (Phi) is 3.74. The molecule has 106 valence electrons. The molecule has 2 N–H and O–H groups in total. The highest BCUT2D eigenvalue weighted by molar-refractivity contribution is 5.46. The van der Waals surface area contributed by atoms with Crippen molar-refractivity contribution in [3.8, 4) is 0 Å². The van der Waals surface area contributed by atoms with Crippen molar-refractivity contribution in [2.75, 3.05) is 5.73 Å². The van der Waals surface area contributed by atoms with Crippen molar-refractivity contribution in [3.05, 3.63) is 47.8 Å². The van der Waals surface area contributed by atoms with Crippen LogP contribution >= 0.6 is 0 Å². The average Bonchev–Trinajstić information content (AvgIpc) is 3.21. The van der Waals surface area contributed by atoms with Gasteiger partial charge >= 0.3 is 0 Å². The van der Waals surface area contributed by atoms with Gasteiger partial charge in [-0.1, -0.05) is 18.2 Å². The summed E-state index contributed by atoms with van der Waals surface area (Å²) >= 11 is 0. The standard InChI is InChI=1S/C16H22N4/c1-2-20-11-13(9-18-20)10-19(15-7-8-15)12-14-5-3-4-6-16(14)17/h3-6,9,11,15H,2,7-8,10,12,17H2,1H3. The second kappa shape index (κ2) is 5.67. The molecule has 0 amide bonds. The SMILES string of the molecule is CCn1cc(CN(Cc2ccccc2N)C2CC2)cn1. The van der Waals surface area contributed by atoms with Crippen LogP contribution in [0.5, 0.6) is 0 Å². The van der Waals surface area contributed by atoms with Crippen LogP contribution in [-0.2, 0) is 19.6 Å². The lowest BCUT2D eigenvalue weighted by Crippen LogP contribution is -2.25. The molecule has 4 heteroatoms. The zero-order valence-electron chi connectivity index (χ0n) is 12.0. The van der Waals surface area contributed by atoms with Gasteiger partial charge in [0.15, 0.2) is 0 Å². The van der Waals surface area contributed by atoms with E-state index in [1.54, 1.807) is 0 Å². The summed E-state index contributed by atoms with van der Waals surface area (Å²) in [6.45, 7) is 4.92. The topological polar surface area (TPSA) is 47.1 Å². The number of hydrogen-bond donors (Lipinski definition) is 1. The summed E-state index contributed by atoms with van der Waals surface area (Å²) in [4.78, 5) is 2.52. The predicted octanol–water partition coefficient (Wildman–Crippen LogP) is 2.65. The van der Waals surface area contributed by atoms with Crippen molar-refractivity contribution in [1.82, 2.24) is 14.7 Å². The second-order valence-electron chi connectivity index (χ2n) is 5.54. The maximum atomic E-state index is 6.07. The van der Waals surface area contributed by atoms with E-state index >= 15 is 0 Å². The largest absolute Gasteiger partial charge is 0.398 e. The van der Waals surface area contributed by atoms with Crippen molar-refractivity contribution in [1.29, 1.82) is 0 Å². The van der Waals surface area contributed by atoms with Gasteiger partial charge in [-0.15, -0.1) is 0 Å². The molecule has 0 unspecified atom stereocenters. The molecule has 4 nitrogen and oxygen atoms in total. The fraction of sp³-hybridized carbons (Fsp3) is 0.438. The van der Waals surface area contributed by atoms with E-state index in [9.17, 15) is 0 Å². The molecule has 1 aliphatic carbocycles. The molecule has 1 aromatic heterocycles. The number of aromatic nitrogens is 2. The van der Waals surface area contributed by atoms with Crippen molar-refractivity contribution in [2.45, 2.75) is 45.4 Å². The lowest BCUT2D eigenvalue weighted by molar-refractivity contribution is 0.246. The fourth-order valence-corrected chi connectivity index (χ4v) is 2.55. The summed E-state index contributed by atoms with van der Waals surface area (Å²) < 4.78 is 1.98. The number of rotatable bonds is 6. The minimum atomic E-state index is 0.708. The molecule has 0 radical (unpaired) electrons. The molecule has 20 heavy (non-hydrogen) atoms. The van der Waals surface area contributed by atoms with E-state index in [0.29, 0.717) is 6.04 Å². The van der Waals surface area contributed by atoms with Crippen LogP contribution in [0.25, 0.3) is 0 Å². The third-order valence-electron chi connectivity index (χ3n) is 3.89. The molecule has 0 bridgehead atoms. The van der Waals surface area contributed by atoms with Gasteiger partial charge in [0, 0.05) is 43.1 Å². The normalized spacial score (nSPS) is 14.9. The number of benzene rings is 1. The molecule has 1 fully saturated rings. The maximum absolute atomic E-state index is 6.07. The Morgan fingerprint density at radius 1 is 1.30 bits per heavy atom. The van der Waals surface area contributed by atoms with Crippen molar-refractivity contribution in [2.24, 2.45) is 0 Å². The van der Waals surface area contributed by atoms with E-state index in [1.165, 1.54) is 24.0 Å². The third-order valence-corrected chi connectivity index (χ3v) is 3.89. The van der Waals surface area contributed by atoms with E-state index in [2.05, 4.69) is 35.3 Å². The van der Waals surface area contributed by atoms with Crippen LogP contribution in [0.1, 0.15) is 30.9 Å². The summed E-state index contributed by atoms with van der Waals surface area (Å²) in [7, 11) is 0. The molecule has 3 rings (SSSR count). The van der Waals surface area contributed by atoms with E-state index in [4.69, 9.17) is 5.73 Å². The van der Waals surface area contributed by atoms with E-state index < -0.39 is 0 Å². The van der Waals surface area contributed by atoms with Crippen LogP contribution in [0.15, 0.2) is 36.7 Å². The van der Waals surface area contributed by atoms with Gasteiger partial charge in [-0.05, 0) is 31.4 Å². The van der Waals surface area contributed by atoms with Crippen LogP contribution in [0.4, 0.5) is 5.69 Å². The quantitative estimate of drug-likeness (QED) is 0.821. The Morgan fingerprint density at radius 2 is 2.10 bits per heavy atom. The van der Waals surface area contributed by atoms with Crippen LogP contribution in [-0.4, -0.2) is 20.7 Å². The second-order valence-corrected chi connectivity index (χ2v) is 5.54. The van der Waals surface area contributed by atoms with Gasteiger partial charge in [-0.2, -0.15) is 5.10 Å². The molecule has 0 aliphatic heterocycles. The average molecular weight is 270 g/mol. The molecule has 1 heterocycles. The Labute approximate surface area is 120 Å². The summed E-state index contributed by atoms with van der Waals surface area (Å²) in [5, 5.41) is 4.36. The van der Waals surface area contributed by atoms with Crippen molar-refractivity contribution < 1.29 is 0 Å². The number of anilines is 1. The first-order valence-corrected chi connectivity index (χ1v) is 7.35. The molecule has 0 spiro atoms. The van der Waals surface area contributed by atoms with Crippen molar-refractivity contribution in [3.63, 3.8) is 0 Å². The lowest BCUT2D eigenvalue weighted by atomic mass is 10.1. The zero-order chi connectivity index (χ0) is 13.9. The summed E-state index contributed by atoms with van der Waals surface area (Å²) in [5.41, 5.74) is 9.47. The Morgan fingerprint density at radius 3 is 2.75 bits per heavy atom. The third kappa shape index (κ3) is 3.02. The highest BCUT2D eigenvalue weighted by Crippen LogP contribution is 2.30. The lowest BCUT2D eigenvalue weighted by Gasteiger charge is -2.22. The van der Waals surface area contributed by atoms with Gasteiger partial charge in [-0.3, -0.25) is 9.58 Å². The first kappa shape index (κ1) is 13.2. The summed E-state index contributed by atoms with van der Waals surface area (Å²) in [6, 6.07) is 8.87. The van der Waals surface area contributed by atoms with E-state index in [0.717, 1.165) is 25.3 Å². The molecule has 0 atom stereocenters. The Bertz CT molecular complexity index is 571. The van der Waals surface area contributed by atoms with Gasteiger partial charge in [0.2, 0.25) is 0 Å². The molecule has 2 aromatic rings. The first-order valence-electron chi connectivity index (χ1n) is 7.35. The molecular formula is C16H22N4. The summed E-state index contributed by atoms with van der Waals surface area (Å²) in [6.07, 6.45) is 6.72. The van der Waals surface area contributed by atoms with Crippen LogP contribution in [0, 0.1) is 0 Å². The number of aryl methyl sites for hydroxylation is 1. The number of hydrogen-bond acceptors (Lipinski definition) is 3. The van der Waals surface area contributed by atoms with Crippen LogP contribution in [0.3, 0.4) is 0 Å². The van der Waals surface area contributed by atoms with Gasteiger partial charge in [0.25, 0.3) is 0 Å². The highest BCUT2D eigenvalue weighted by atomic mass is 15.3. The number of nitrogens with two attached hydrogens (primary N) is 1. The minimum absolute atomic E-state index is 0.708. The Hall–Kier alpha value is -1.81. The molecule has 1 saturated carbocycles. The van der Waals surface area contributed by atoms with E-state index in [1.807, 2.05) is 23.0 Å². The molecule has 1 aliphatic rings. The van der Waals surface area contributed by atoms with Crippen LogP contribution in [0.2, 0.25) is 0 Å². The highest BCUT2D eigenvalue weighted by Gasteiger charge is 2.29. The first-order chi connectivity index (χ1) is 9.76. The molecule has 0 saturated heterocycles. The van der Waals surface area contributed by atoms with E-state index in [-0.39, 0.29) is 0 Å². The summed E-state index contributed by atoms with van der Waals surface area (Å²) in [5.74, 6) is 0. The number of nitrogens with zero attached hydrogens (tertiary/aromatic N) is 3. The van der Waals surface area contributed by atoms with Crippen molar-refractivity contribution >= 4 is 5.69 Å². The number of nitrogen functional groups attached to an aromatic ring is 1. The van der Waals surface area contributed by atoms with Gasteiger partial charge in [0.1, 0.15) is 0 Å². The smallest absolute Gasteiger partial charge is 0.0534 e. The molecule has 1 aromatic carbocycles. The Balaban J connectivity index is 1.71. The monoisotopic (exact) mass is 270 g/mol. The maximum Gasteiger partial charge on any atom is 0.0534 e. The van der Waals surface area contributed by atoms with Gasteiger partial charge in [-0.25, -0.2) is 0 Å². The number of para-hydroxylation sites is 1. The predicted molar refractivity (Wildman–Crippen MR) is 81.0 cm³/mol. The van der Waals surface area contributed by atoms with Crippen LogP contribution < -0.4 is 5.73 Å². The molecular weight excluding hydrogens is 248 g/mol. The van der Waals surface area contributed by atoms with Gasteiger partial charge < -0.3 is 5.73 Å². The minimum Gasteiger partial charge on any atom is -0.398 e. The fourth-order valence-electron chi connectivity index (χ4n) is 2.55.